The number of imide groups is 1. The summed E-state index contributed by atoms with van der Waals surface area (Å²) in [6.07, 6.45) is 35.7. The summed E-state index contributed by atoms with van der Waals surface area (Å²) in [5.41, 5.74) is 0. The molecule has 70 heavy (non-hydrogen) atoms. The highest BCUT2D eigenvalue weighted by atomic mass is 31.2. The van der Waals surface area contributed by atoms with E-state index in [0.717, 1.165) is 43.4 Å². The summed E-state index contributed by atoms with van der Waals surface area (Å²) in [5, 5.41) is 5.08. The van der Waals surface area contributed by atoms with Gasteiger partial charge in [0.25, 0.3) is 0 Å². The SMILES string of the molecule is CCCCCCCCCCCCCCCCCC(=O)OC[C@H](COP(=O)(O)OCCNC(=O)COCCNC(=O)CCN1C(=O)CC(C)C1=O)OC(=O)CCCCCCCCCCCCCCCCC. The van der Waals surface area contributed by atoms with Gasteiger partial charge in [-0.1, -0.05) is 201 Å². The van der Waals surface area contributed by atoms with Gasteiger partial charge in [0, 0.05) is 51.2 Å². The minimum atomic E-state index is -4.65. The molecule has 1 aliphatic rings. The number of phosphoric ester groups is 1. The van der Waals surface area contributed by atoms with Crippen molar-refractivity contribution in [1.82, 2.24) is 15.5 Å². The first-order valence-electron chi connectivity index (χ1n) is 27.8. The fraction of sp³-hybridized carbons (Fsp3) is 0.887. The molecule has 1 fully saturated rings. The van der Waals surface area contributed by atoms with Crippen LogP contribution >= 0.6 is 7.82 Å². The van der Waals surface area contributed by atoms with Gasteiger partial charge in [0.15, 0.2) is 6.10 Å². The number of rotatable bonds is 50. The summed E-state index contributed by atoms with van der Waals surface area (Å²) in [6.45, 7) is 4.55. The van der Waals surface area contributed by atoms with E-state index in [1.165, 1.54) is 141 Å². The van der Waals surface area contributed by atoms with Crippen molar-refractivity contribution in [3.05, 3.63) is 0 Å². The van der Waals surface area contributed by atoms with Crippen molar-refractivity contribution in [2.24, 2.45) is 5.92 Å². The molecule has 3 N–H and O–H groups in total. The number of hydrogen-bond donors (Lipinski definition) is 3. The lowest BCUT2D eigenvalue weighted by Crippen LogP contribution is -2.36. The van der Waals surface area contributed by atoms with Crippen LogP contribution in [0.4, 0.5) is 0 Å². The van der Waals surface area contributed by atoms with Crippen LogP contribution in [0.2, 0.25) is 0 Å². The second-order valence-electron chi connectivity index (χ2n) is 19.3. The molecule has 0 radical (unpaired) electrons. The lowest BCUT2D eigenvalue weighted by molar-refractivity contribution is -0.161. The molecular weight excluding hydrogens is 918 g/mol. The first-order chi connectivity index (χ1) is 33.9. The third kappa shape index (κ3) is 38.7. The number of amides is 4. The predicted molar refractivity (Wildman–Crippen MR) is 274 cm³/mol. The molecule has 1 rings (SSSR count). The van der Waals surface area contributed by atoms with E-state index in [2.05, 4.69) is 24.5 Å². The molecule has 0 aliphatic carbocycles. The zero-order chi connectivity index (χ0) is 51.3. The van der Waals surface area contributed by atoms with E-state index in [9.17, 15) is 38.2 Å². The maximum atomic E-state index is 12.8. The molecule has 408 valence electrons. The molecule has 0 aromatic rings. The van der Waals surface area contributed by atoms with Gasteiger partial charge in [-0.25, -0.2) is 4.57 Å². The van der Waals surface area contributed by atoms with Crippen molar-refractivity contribution in [3.63, 3.8) is 0 Å². The van der Waals surface area contributed by atoms with Crippen molar-refractivity contribution >= 4 is 43.4 Å². The average Bonchev–Trinajstić information content (AvgIpc) is 3.58. The number of phosphoric acid groups is 1. The molecule has 4 amide bonds. The topological polar surface area (TPSA) is 213 Å². The number of esters is 2. The van der Waals surface area contributed by atoms with Crippen LogP contribution in [0.25, 0.3) is 0 Å². The average molecular weight is 1020 g/mol. The minimum Gasteiger partial charge on any atom is -0.462 e. The van der Waals surface area contributed by atoms with Crippen LogP contribution in [0.1, 0.15) is 239 Å². The van der Waals surface area contributed by atoms with Gasteiger partial charge in [-0.3, -0.25) is 42.7 Å². The van der Waals surface area contributed by atoms with Gasteiger partial charge in [-0.2, -0.15) is 0 Å². The van der Waals surface area contributed by atoms with Gasteiger partial charge < -0.3 is 29.7 Å². The Morgan fingerprint density at radius 1 is 0.586 bits per heavy atom. The Morgan fingerprint density at radius 3 is 1.47 bits per heavy atom. The van der Waals surface area contributed by atoms with E-state index < -0.39 is 38.4 Å². The normalized spacial score (nSPS) is 15.0. The third-order valence-corrected chi connectivity index (χ3v) is 13.6. The Hall–Kier alpha value is -2.91. The number of nitrogens with zero attached hydrogens (tertiary/aromatic N) is 1. The smallest absolute Gasteiger partial charge is 0.462 e. The quantitative estimate of drug-likeness (QED) is 0.0224. The van der Waals surface area contributed by atoms with Gasteiger partial charge in [0.1, 0.15) is 13.2 Å². The second kappa shape index (κ2) is 44.8. The Kier molecular flexibility index (Phi) is 41.6. The molecule has 1 aliphatic heterocycles. The molecule has 1 heterocycles. The summed E-state index contributed by atoms with van der Waals surface area (Å²) >= 11 is 0. The molecule has 0 spiro atoms. The summed E-state index contributed by atoms with van der Waals surface area (Å²) in [6, 6.07) is 0. The monoisotopic (exact) mass is 1020 g/mol. The number of unbranched alkanes of at least 4 members (excludes halogenated alkanes) is 28. The fourth-order valence-corrected chi connectivity index (χ4v) is 9.08. The Labute approximate surface area is 422 Å². The highest BCUT2D eigenvalue weighted by Gasteiger charge is 2.35. The predicted octanol–water partition coefficient (Wildman–Crippen LogP) is 11.1. The number of ether oxygens (including phenoxy) is 3. The fourth-order valence-electron chi connectivity index (χ4n) is 8.33. The van der Waals surface area contributed by atoms with Crippen molar-refractivity contribution in [1.29, 1.82) is 0 Å². The minimum absolute atomic E-state index is 0.00763. The highest BCUT2D eigenvalue weighted by molar-refractivity contribution is 7.47. The third-order valence-electron chi connectivity index (χ3n) is 12.6. The van der Waals surface area contributed by atoms with E-state index in [-0.39, 0.29) is 95.4 Å². The summed E-state index contributed by atoms with van der Waals surface area (Å²) in [4.78, 5) is 85.0. The van der Waals surface area contributed by atoms with Gasteiger partial charge in [0.2, 0.25) is 23.6 Å². The zero-order valence-electron chi connectivity index (χ0n) is 44.1. The molecule has 2 unspecified atom stereocenters. The molecule has 0 aromatic heterocycles. The molecule has 0 bridgehead atoms. The van der Waals surface area contributed by atoms with Crippen LogP contribution < -0.4 is 10.6 Å². The molecule has 16 nitrogen and oxygen atoms in total. The van der Waals surface area contributed by atoms with Gasteiger partial charge in [0.05, 0.1) is 19.8 Å². The van der Waals surface area contributed by atoms with Crippen LogP contribution in [0.5, 0.6) is 0 Å². The first kappa shape index (κ1) is 65.1. The summed E-state index contributed by atoms with van der Waals surface area (Å²) < 4.78 is 39.1. The molecule has 0 aromatic carbocycles. The lowest BCUT2D eigenvalue weighted by atomic mass is 10.0. The van der Waals surface area contributed by atoms with Crippen molar-refractivity contribution in [3.8, 4) is 0 Å². The molecule has 17 heteroatoms. The lowest BCUT2D eigenvalue weighted by Gasteiger charge is -2.20. The maximum absolute atomic E-state index is 12.8. The van der Waals surface area contributed by atoms with Gasteiger partial charge >= 0.3 is 19.8 Å². The Morgan fingerprint density at radius 2 is 1.01 bits per heavy atom. The van der Waals surface area contributed by atoms with E-state index >= 15 is 0 Å². The highest BCUT2D eigenvalue weighted by Crippen LogP contribution is 2.43. The number of carbonyl (C=O) groups is 6. The number of likely N-dealkylation sites (tertiary alicyclic amines) is 1. The maximum Gasteiger partial charge on any atom is 0.472 e. The van der Waals surface area contributed by atoms with Gasteiger partial charge in [-0.05, 0) is 12.8 Å². The number of hydrogen-bond acceptors (Lipinski definition) is 12. The molecule has 1 saturated heterocycles. The summed E-state index contributed by atoms with van der Waals surface area (Å²) in [7, 11) is -4.65. The second-order valence-corrected chi connectivity index (χ2v) is 20.7. The molecule has 3 atom stereocenters. The van der Waals surface area contributed by atoms with E-state index in [1.807, 2.05) is 0 Å². The first-order valence-corrected chi connectivity index (χ1v) is 29.3. The van der Waals surface area contributed by atoms with E-state index in [1.54, 1.807) is 6.92 Å². The van der Waals surface area contributed by atoms with Crippen LogP contribution in [0.3, 0.4) is 0 Å². The molecule has 0 saturated carbocycles. The van der Waals surface area contributed by atoms with E-state index in [0.29, 0.717) is 12.8 Å². The van der Waals surface area contributed by atoms with Crippen LogP contribution in [-0.4, -0.2) is 104 Å². The van der Waals surface area contributed by atoms with Crippen LogP contribution in [0.15, 0.2) is 0 Å². The largest absolute Gasteiger partial charge is 0.472 e. The van der Waals surface area contributed by atoms with Crippen molar-refractivity contribution in [2.75, 3.05) is 52.7 Å². The van der Waals surface area contributed by atoms with Gasteiger partial charge in [-0.15, -0.1) is 0 Å². The van der Waals surface area contributed by atoms with Crippen LogP contribution in [0, 0.1) is 5.92 Å². The number of nitrogens with one attached hydrogen (secondary N) is 2. The van der Waals surface area contributed by atoms with Crippen molar-refractivity contribution in [2.45, 2.75) is 245 Å². The molecular formula is C53H98N3O13P. The van der Waals surface area contributed by atoms with Crippen molar-refractivity contribution < 1.29 is 61.5 Å². The summed E-state index contributed by atoms with van der Waals surface area (Å²) in [5.74, 6) is -2.80. The Balaban J connectivity index is 2.36. The zero-order valence-corrected chi connectivity index (χ0v) is 45.0. The number of carbonyl (C=O) groups excluding carboxylic acids is 6. The standard InChI is InChI=1S/C53H98N3O13P/c1-4-6-8-10-12-14-16-18-20-22-24-26-28-30-32-34-51(60)66-43-47(69-52(61)35-33-31-29-27-25-23-21-19-17-15-13-11-9-7-5-2)44-68-70(63,64)67-41-38-55-49(58)45-65-40-37-54-48(57)36-39-56-50(59)42-46(3)53(56)62/h46-47H,4-45H2,1-3H3,(H,54,57)(H,55,58)(H,63,64)/t46?,47-/m1/s1. The Bertz CT molecular complexity index is 1440. The van der Waals surface area contributed by atoms with E-state index in [4.69, 9.17) is 23.3 Å². The van der Waals surface area contributed by atoms with Crippen LogP contribution in [-0.2, 0) is 56.6 Å².